The summed E-state index contributed by atoms with van der Waals surface area (Å²) >= 11 is 1.69. The van der Waals surface area contributed by atoms with Crippen LogP contribution in [0.5, 0.6) is 0 Å². The molecular formula is C14H23N3O3S2. The first kappa shape index (κ1) is 16.3. The smallest absolute Gasteiger partial charge is 0.208 e. The van der Waals surface area contributed by atoms with Crippen molar-refractivity contribution in [1.82, 2.24) is 14.6 Å². The topological polar surface area (TPSA) is 71.5 Å². The first-order valence-corrected chi connectivity index (χ1v) is 10.3. The van der Waals surface area contributed by atoms with E-state index in [9.17, 15) is 8.42 Å². The second-order valence-electron chi connectivity index (χ2n) is 6.43. The first-order valence-electron chi connectivity index (χ1n) is 7.58. The van der Waals surface area contributed by atoms with E-state index in [1.54, 1.807) is 11.3 Å². The predicted molar refractivity (Wildman–Crippen MR) is 86.4 cm³/mol. The fourth-order valence-corrected chi connectivity index (χ4v) is 5.08. The van der Waals surface area contributed by atoms with Crippen molar-refractivity contribution in [3.63, 3.8) is 0 Å². The van der Waals surface area contributed by atoms with Gasteiger partial charge in [-0.05, 0) is 26.2 Å². The zero-order chi connectivity index (χ0) is 15.8. The maximum absolute atomic E-state index is 11.4. The average Bonchev–Trinajstić information content (AvgIpc) is 2.96. The van der Waals surface area contributed by atoms with Gasteiger partial charge in [-0.2, -0.15) is 0 Å². The molecule has 0 unspecified atom stereocenters. The van der Waals surface area contributed by atoms with Crippen LogP contribution in [0, 0.1) is 6.92 Å². The van der Waals surface area contributed by atoms with Crippen LogP contribution in [0.15, 0.2) is 5.51 Å². The third-order valence-electron chi connectivity index (χ3n) is 4.48. The van der Waals surface area contributed by atoms with Gasteiger partial charge in [0.1, 0.15) is 0 Å². The molecule has 3 heterocycles. The van der Waals surface area contributed by atoms with Crippen LogP contribution in [0.1, 0.15) is 29.8 Å². The molecule has 0 saturated carbocycles. The van der Waals surface area contributed by atoms with E-state index < -0.39 is 10.0 Å². The van der Waals surface area contributed by atoms with Crippen molar-refractivity contribution in [2.45, 2.75) is 44.4 Å². The predicted octanol–water partition coefficient (Wildman–Crippen LogP) is 1.12. The molecule has 0 bridgehead atoms. The van der Waals surface area contributed by atoms with Crippen molar-refractivity contribution in [3.05, 3.63) is 16.1 Å². The number of likely N-dealkylation sites (tertiary alicyclic amines) is 1. The monoisotopic (exact) mass is 345 g/mol. The molecule has 1 aromatic rings. The van der Waals surface area contributed by atoms with Gasteiger partial charge in [0.05, 0.1) is 23.1 Å². The Bertz CT molecular complexity index is 631. The number of aryl methyl sites for hydroxylation is 1. The van der Waals surface area contributed by atoms with Gasteiger partial charge in [-0.25, -0.2) is 18.1 Å². The van der Waals surface area contributed by atoms with Crippen LogP contribution in [-0.4, -0.2) is 55.9 Å². The van der Waals surface area contributed by atoms with E-state index in [4.69, 9.17) is 4.74 Å². The molecule has 1 N–H and O–H groups in total. The molecule has 2 aliphatic heterocycles. The summed E-state index contributed by atoms with van der Waals surface area (Å²) in [6.45, 7) is 5.43. The van der Waals surface area contributed by atoms with E-state index in [0.29, 0.717) is 6.61 Å². The molecule has 0 amide bonds. The van der Waals surface area contributed by atoms with Crippen LogP contribution in [0.3, 0.4) is 0 Å². The van der Waals surface area contributed by atoms with Crippen molar-refractivity contribution < 1.29 is 13.2 Å². The summed E-state index contributed by atoms with van der Waals surface area (Å²) in [7, 11) is -3.16. The van der Waals surface area contributed by atoms with Gasteiger partial charge in [0, 0.05) is 37.2 Å². The van der Waals surface area contributed by atoms with Crippen LogP contribution in [0.4, 0.5) is 0 Å². The molecule has 0 aromatic carbocycles. The van der Waals surface area contributed by atoms with Gasteiger partial charge in [-0.1, -0.05) is 0 Å². The van der Waals surface area contributed by atoms with Crippen LogP contribution < -0.4 is 4.72 Å². The highest BCUT2D eigenvalue weighted by Crippen LogP contribution is 2.35. The fourth-order valence-electron chi connectivity index (χ4n) is 3.46. The zero-order valence-corrected chi connectivity index (χ0v) is 14.7. The highest BCUT2D eigenvalue weighted by Gasteiger charge is 2.43. The number of rotatable bonds is 4. The van der Waals surface area contributed by atoms with Gasteiger partial charge in [-0.3, -0.25) is 4.90 Å². The van der Waals surface area contributed by atoms with Crippen molar-refractivity contribution >= 4 is 21.4 Å². The van der Waals surface area contributed by atoms with E-state index in [1.807, 2.05) is 12.4 Å². The summed E-state index contributed by atoms with van der Waals surface area (Å²) < 4.78 is 31.7. The Morgan fingerprint density at radius 1 is 1.59 bits per heavy atom. The van der Waals surface area contributed by atoms with E-state index in [2.05, 4.69) is 14.6 Å². The summed E-state index contributed by atoms with van der Waals surface area (Å²) in [6.07, 6.45) is 3.70. The fraction of sp³-hybridized carbons (Fsp3) is 0.786. The third kappa shape index (κ3) is 3.86. The second kappa shape index (κ2) is 6.16. The number of ether oxygens (including phenoxy) is 1. The molecule has 6 nitrogen and oxygen atoms in total. The summed E-state index contributed by atoms with van der Waals surface area (Å²) in [5.41, 5.74) is 2.80. The van der Waals surface area contributed by atoms with Crippen LogP contribution in [0.2, 0.25) is 0 Å². The largest absolute Gasteiger partial charge is 0.373 e. The third-order valence-corrected chi connectivity index (χ3v) is 6.16. The molecule has 2 fully saturated rings. The SMILES string of the molecule is Cc1ncsc1CN1CC[C@@]2(C[C@H](NS(C)(=O)=O)CCO2)C1. The maximum Gasteiger partial charge on any atom is 0.208 e. The van der Waals surface area contributed by atoms with Crippen LogP contribution in [-0.2, 0) is 21.3 Å². The van der Waals surface area contributed by atoms with Crippen molar-refractivity contribution in [3.8, 4) is 0 Å². The quantitative estimate of drug-likeness (QED) is 0.885. The van der Waals surface area contributed by atoms with Gasteiger partial charge >= 0.3 is 0 Å². The molecule has 0 aliphatic carbocycles. The normalized spacial score (nSPS) is 30.2. The Hall–Kier alpha value is -0.540. The first-order chi connectivity index (χ1) is 10.4. The number of hydrogen-bond donors (Lipinski definition) is 1. The zero-order valence-electron chi connectivity index (χ0n) is 13.0. The molecule has 8 heteroatoms. The van der Waals surface area contributed by atoms with Crippen LogP contribution >= 0.6 is 11.3 Å². The second-order valence-corrected chi connectivity index (χ2v) is 9.15. The van der Waals surface area contributed by atoms with Crippen molar-refractivity contribution in [1.29, 1.82) is 0 Å². The van der Waals surface area contributed by atoms with Gasteiger partial charge < -0.3 is 4.74 Å². The van der Waals surface area contributed by atoms with Gasteiger partial charge in [0.25, 0.3) is 0 Å². The van der Waals surface area contributed by atoms with E-state index in [-0.39, 0.29) is 11.6 Å². The number of sulfonamides is 1. The Balaban J connectivity index is 1.61. The number of thiazole rings is 1. The van der Waals surface area contributed by atoms with Crippen molar-refractivity contribution in [2.24, 2.45) is 0 Å². The summed E-state index contributed by atoms with van der Waals surface area (Å²) in [6, 6.07) is -0.00570. The molecule has 1 spiro atoms. The number of nitrogens with zero attached hydrogens (tertiary/aromatic N) is 2. The molecule has 1 aromatic heterocycles. The molecule has 3 rings (SSSR count). The van der Waals surface area contributed by atoms with Gasteiger partial charge in [0.15, 0.2) is 0 Å². The molecule has 0 radical (unpaired) electrons. The molecular weight excluding hydrogens is 322 g/mol. The van der Waals surface area contributed by atoms with E-state index >= 15 is 0 Å². The number of aromatic nitrogens is 1. The van der Waals surface area contributed by atoms with Gasteiger partial charge in [-0.15, -0.1) is 11.3 Å². The lowest BCUT2D eigenvalue weighted by Gasteiger charge is -2.38. The lowest BCUT2D eigenvalue weighted by Crippen LogP contribution is -2.49. The Labute approximate surface area is 135 Å². The summed E-state index contributed by atoms with van der Waals surface area (Å²) in [5, 5.41) is 0. The standard InChI is InChI=1S/C14H23N3O3S2/c1-11-13(21-10-15-11)8-17-5-4-14(9-17)7-12(3-6-20-14)16-22(2,18)19/h10,12,16H,3-9H2,1-2H3/t12-,14-/m1/s1. The minimum absolute atomic E-state index is 0.00570. The molecule has 22 heavy (non-hydrogen) atoms. The highest BCUT2D eigenvalue weighted by atomic mass is 32.2. The molecule has 2 aliphatic rings. The van der Waals surface area contributed by atoms with Crippen LogP contribution in [0.25, 0.3) is 0 Å². The molecule has 2 atom stereocenters. The number of nitrogens with one attached hydrogen (secondary N) is 1. The molecule has 2 saturated heterocycles. The van der Waals surface area contributed by atoms with E-state index in [1.165, 1.54) is 11.1 Å². The van der Waals surface area contributed by atoms with E-state index in [0.717, 1.165) is 44.6 Å². The average molecular weight is 345 g/mol. The van der Waals surface area contributed by atoms with Crippen molar-refractivity contribution in [2.75, 3.05) is 26.0 Å². The maximum atomic E-state index is 11.4. The summed E-state index contributed by atoms with van der Waals surface area (Å²) in [4.78, 5) is 8.00. The highest BCUT2D eigenvalue weighted by molar-refractivity contribution is 7.88. The number of hydrogen-bond acceptors (Lipinski definition) is 6. The Kier molecular flexibility index (Phi) is 4.57. The lowest BCUT2D eigenvalue weighted by molar-refractivity contribution is -0.0779. The van der Waals surface area contributed by atoms with Gasteiger partial charge in [0.2, 0.25) is 10.0 Å². The Morgan fingerprint density at radius 2 is 2.41 bits per heavy atom. The lowest BCUT2D eigenvalue weighted by atomic mass is 9.90. The minimum Gasteiger partial charge on any atom is -0.373 e. The summed E-state index contributed by atoms with van der Waals surface area (Å²) in [5.74, 6) is 0. The Morgan fingerprint density at radius 3 is 3.09 bits per heavy atom. The molecule has 124 valence electrons. The minimum atomic E-state index is -3.16.